The van der Waals surface area contributed by atoms with E-state index >= 15 is 0 Å². The lowest BCUT2D eigenvalue weighted by molar-refractivity contribution is 0.0973. The van der Waals surface area contributed by atoms with E-state index in [2.05, 4.69) is 31.2 Å². The number of ether oxygens (including phenoxy) is 1. The number of carbonyl (C=O) groups is 1. The lowest BCUT2D eigenvalue weighted by Gasteiger charge is -2.29. The van der Waals surface area contributed by atoms with Crippen molar-refractivity contribution in [2.24, 2.45) is 5.92 Å². The second-order valence-corrected chi connectivity index (χ2v) is 9.44. The standard InChI is InChI=1S/C29H39FO3/c1-3-5-6-8-21-11-15-23(16-12-21)24-17-13-22(14-18-24)9-7-10-26(31)25-19-20-27(33-4-2)28(30)29(25)32/h11-12,15-16,19-20,22,24,32H,3-10,13-14,17-18H2,1-2H3. The van der Waals surface area contributed by atoms with Crippen LogP contribution in [0.3, 0.4) is 0 Å². The minimum atomic E-state index is -0.852. The van der Waals surface area contributed by atoms with Gasteiger partial charge in [0.25, 0.3) is 0 Å². The molecule has 1 N–H and O–H groups in total. The molecule has 0 heterocycles. The zero-order chi connectivity index (χ0) is 23.6. The number of unbranched alkanes of at least 4 members (excludes halogenated alkanes) is 2. The molecule has 1 aliphatic carbocycles. The molecule has 1 saturated carbocycles. The highest BCUT2D eigenvalue weighted by molar-refractivity contribution is 5.98. The van der Waals surface area contributed by atoms with Crippen molar-refractivity contribution in [1.82, 2.24) is 0 Å². The predicted octanol–water partition coefficient (Wildman–Crippen LogP) is 7.99. The molecule has 3 rings (SSSR count). The Labute approximate surface area is 198 Å². The van der Waals surface area contributed by atoms with Crippen LogP contribution in [0.5, 0.6) is 11.5 Å². The molecule has 3 nitrogen and oxygen atoms in total. The van der Waals surface area contributed by atoms with Crippen LogP contribution in [0.25, 0.3) is 0 Å². The molecule has 0 amide bonds. The van der Waals surface area contributed by atoms with Gasteiger partial charge >= 0.3 is 0 Å². The summed E-state index contributed by atoms with van der Waals surface area (Å²) in [4.78, 5) is 12.5. The molecule has 1 fully saturated rings. The third-order valence-corrected chi connectivity index (χ3v) is 7.06. The molecule has 4 heteroatoms. The second-order valence-electron chi connectivity index (χ2n) is 9.44. The van der Waals surface area contributed by atoms with Gasteiger partial charge < -0.3 is 9.84 Å². The predicted molar refractivity (Wildman–Crippen MR) is 132 cm³/mol. The summed E-state index contributed by atoms with van der Waals surface area (Å²) in [7, 11) is 0. The van der Waals surface area contributed by atoms with Gasteiger partial charge in [0.15, 0.2) is 17.3 Å². The smallest absolute Gasteiger partial charge is 0.207 e. The van der Waals surface area contributed by atoms with E-state index < -0.39 is 11.6 Å². The largest absolute Gasteiger partial charge is 0.504 e. The van der Waals surface area contributed by atoms with Gasteiger partial charge in [0, 0.05) is 6.42 Å². The number of aryl methyl sites for hydroxylation is 1. The van der Waals surface area contributed by atoms with Crippen molar-refractivity contribution < 1.29 is 19.0 Å². The lowest BCUT2D eigenvalue weighted by Crippen LogP contribution is -2.14. The summed E-state index contributed by atoms with van der Waals surface area (Å²) in [5.74, 6) is -0.376. The molecular formula is C29H39FO3. The first kappa shape index (κ1) is 25.3. The number of phenolic OH excluding ortho intramolecular Hbond substituents is 1. The fourth-order valence-corrected chi connectivity index (χ4v) is 5.04. The van der Waals surface area contributed by atoms with Crippen LogP contribution in [-0.4, -0.2) is 17.5 Å². The Bertz CT molecular complexity index is 882. The number of Topliss-reactive ketones (excluding diaryl/α,β-unsaturated/α-hetero) is 1. The summed E-state index contributed by atoms with van der Waals surface area (Å²) >= 11 is 0. The summed E-state index contributed by atoms with van der Waals surface area (Å²) in [6.07, 6.45) is 11.9. The van der Waals surface area contributed by atoms with Gasteiger partial charge in [0.05, 0.1) is 12.2 Å². The number of ketones is 1. The number of benzene rings is 2. The first-order valence-corrected chi connectivity index (χ1v) is 12.8. The maximum Gasteiger partial charge on any atom is 0.207 e. The van der Waals surface area contributed by atoms with Gasteiger partial charge in [-0.2, -0.15) is 4.39 Å². The fourth-order valence-electron chi connectivity index (χ4n) is 5.04. The van der Waals surface area contributed by atoms with Crippen molar-refractivity contribution in [2.75, 3.05) is 6.61 Å². The van der Waals surface area contributed by atoms with Gasteiger partial charge in [-0.05, 0) is 87.0 Å². The van der Waals surface area contributed by atoms with E-state index in [1.165, 1.54) is 74.6 Å². The summed E-state index contributed by atoms with van der Waals surface area (Å²) in [5, 5.41) is 10.1. The van der Waals surface area contributed by atoms with Gasteiger partial charge in [-0.15, -0.1) is 0 Å². The topological polar surface area (TPSA) is 46.5 Å². The lowest BCUT2D eigenvalue weighted by atomic mass is 9.77. The Morgan fingerprint density at radius 3 is 2.39 bits per heavy atom. The zero-order valence-electron chi connectivity index (χ0n) is 20.2. The van der Waals surface area contributed by atoms with E-state index in [9.17, 15) is 14.3 Å². The Balaban J connectivity index is 1.41. The quantitative estimate of drug-likeness (QED) is 0.261. The van der Waals surface area contributed by atoms with E-state index in [1.54, 1.807) is 6.92 Å². The summed E-state index contributed by atoms with van der Waals surface area (Å²) < 4.78 is 19.3. The molecule has 0 atom stereocenters. The van der Waals surface area contributed by atoms with E-state index in [0.717, 1.165) is 12.8 Å². The van der Waals surface area contributed by atoms with Crippen LogP contribution >= 0.6 is 0 Å². The SMILES string of the molecule is CCCCCc1ccc(C2CCC(CCCC(=O)c3ccc(OCC)c(F)c3O)CC2)cc1. The third kappa shape index (κ3) is 7.06. The Kier molecular flexibility index (Phi) is 9.77. The van der Waals surface area contributed by atoms with Crippen molar-refractivity contribution in [1.29, 1.82) is 0 Å². The second kappa shape index (κ2) is 12.8. The zero-order valence-corrected chi connectivity index (χ0v) is 20.2. The van der Waals surface area contributed by atoms with Crippen LogP contribution in [0.4, 0.5) is 4.39 Å². The molecule has 0 aromatic heterocycles. The molecule has 1 aliphatic rings. The maximum absolute atomic E-state index is 14.2. The highest BCUT2D eigenvalue weighted by Crippen LogP contribution is 2.38. The maximum atomic E-state index is 14.2. The van der Waals surface area contributed by atoms with Crippen molar-refractivity contribution in [3.63, 3.8) is 0 Å². The van der Waals surface area contributed by atoms with Gasteiger partial charge in [-0.3, -0.25) is 4.79 Å². The molecular weight excluding hydrogens is 415 g/mol. The molecule has 2 aromatic rings. The van der Waals surface area contributed by atoms with Crippen molar-refractivity contribution in [2.45, 2.75) is 90.4 Å². The number of halogens is 1. The van der Waals surface area contributed by atoms with Gasteiger partial charge in [-0.1, -0.05) is 50.5 Å². The monoisotopic (exact) mass is 454 g/mol. The first-order chi connectivity index (χ1) is 16.0. The van der Waals surface area contributed by atoms with Crippen LogP contribution in [-0.2, 0) is 6.42 Å². The highest BCUT2D eigenvalue weighted by atomic mass is 19.1. The van der Waals surface area contributed by atoms with Gasteiger partial charge in [0.1, 0.15) is 0 Å². The number of carbonyl (C=O) groups excluding carboxylic acids is 1. The Hall–Kier alpha value is -2.36. The Morgan fingerprint density at radius 1 is 1.00 bits per heavy atom. The van der Waals surface area contributed by atoms with Gasteiger partial charge in [0.2, 0.25) is 5.82 Å². The van der Waals surface area contributed by atoms with Crippen molar-refractivity contribution in [3.8, 4) is 11.5 Å². The summed E-state index contributed by atoms with van der Waals surface area (Å²) in [6.45, 7) is 4.29. The number of aromatic hydroxyl groups is 1. The number of rotatable bonds is 12. The van der Waals surface area contributed by atoms with Crippen LogP contribution in [0.2, 0.25) is 0 Å². The van der Waals surface area contributed by atoms with Crippen molar-refractivity contribution in [3.05, 3.63) is 58.9 Å². The van der Waals surface area contributed by atoms with Crippen LogP contribution < -0.4 is 4.74 Å². The Morgan fingerprint density at radius 2 is 1.73 bits per heavy atom. The first-order valence-electron chi connectivity index (χ1n) is 12.8. The van der Waals surface area contributed by atoms with Crippen LogP contribution in [0, 0.1) is 11.7 Å². The van der Waals surface area contributed by atoms with E-state index in [1.807, 2.05) is 0 Å². The molecule has 0 unspecified atom stereocenters. The van der Waals surface area contributed by atoms with E-state index in [-0.39, 0.29) is 17.1 Å². The molecule has 0 aliphatic heterocycles. The molecule has 0 bridgehead atoms. The van der Waals surface area contributed by atoms with E-state index in [0.29, 0.717) is 24.9 Å². The number of hydrogen-bond acceptors (Lipinski definition) is 3. The van der Waals surface area contributed by atoms with Crippen LogP contribution in [0.15, 0.2) is 36.4 Å². The van der Waals surface area contributed by atoms with Gasteiger partial charge in [-0.25, -0.2) is 0 Å². The number of phenols is 1. The van der Waals surface area contributed by atoms with Crippen LogP contribution in [0.1, 0.15) is 105 Å². The normalized spacial score (nSPS) is 18.3. The minimum Gasteiger partial charge on any atom is -0.504 e. The van der Waals surface area contributed by atoms with Crippen molar-refractivity contribution >= 4 is 5.78 Å². The average Bonchev–Trinajstić information content (AvgIpc) is 2.83. The summed E-state index contributed by atoms with van der Waals surface area (Å²) in [5.41, 5.74) is 2.97. The highest BCUT2D eigenvalue weighted by Gasteiger charge is 2.23. The van der Waals surface area contributed by atoms with E-state index in [4.69, 9.17) is 4.74 Å². The molecule has 2 aromatic carbocycles. The number of hydrogen-bond donors (Lipinski definition) is 1. The molecule has 33 heavy (non-hydrogen) atoms. The average molecular weight is 455 g/mol. The minimum absolute atomic E-state index is 0.0190. The molecule has 180 valence electrons. The third-order valence-electron chi connectivity index (χ3n) is 7.06. The summed E-state index contributed by atoms with van der Waals surface area (Å²) in [6, 6.07) is 12.2. The molecule has 0 saturated heterocycles. The molecule has 0 spiro atoms. The molecule has 0 radical (unpaired) electrons. The fraction of sp³-hybridized carbons (Fsp3) is 0.552.